The van der Waals surface area contributed by atoms with Crippen LogP contribution in [0.15, 0.2) is 12.7 Å². The Morgan fingerprint density at radius 1 is 1.21 bits per heavy atom. The summed E-state index contributed by atoms with van der Waals surface area (Å²) in [7, 11) is 0. The molecule has 2 aliphatic heterocycles. The molecule has 1 aromatic rings. The summed E-state index contributed by atoms with van der Waals surface area (Å²) in [4.78, 5) is 8.80. The summed E-state index contributed by atoms with van der Waals surface area (Å²) in [5, 5.41) is 14.8. The van der Waals surface area contributed by atoms with Crippen molar-refractivity contribution in [1.29, 1.82) is 0 Å². The standard InChI is InChI=1S/C17H31N5O2/c1-14-7-20(8-15(2)24-14)10-17(23)11-21-6-4-3-5-16(21)9-22-13-18-12-19-22/h12-17,23H,3-11H2,1-2H3/t14-,15+,16-,17+/m1/s1. The minimum atomic E-state index is -0.321. The van der Waals surface area contributed by atoms with E-state index in [1.54, 1.807) is 12.7 Å². The summed E-state index contributed by atoms with van der Waals surface area (Å²) in [5.41, 5.74) is 0. The summed E-state index contributed by atoms with van der Waals surface area (Å²) in [6.45, 7) is 9.41. The molecule has 1 N–H and O–H groups in total. The first-order valence-electron chi connectivity index (χ1n) is 9.22. The van der Waals surface area contributed by atoms with E-state index in [2.05, 4.69) is 33.7 Å². The van der Waals surface area contributed by atoms with Gasteiger partial charge in [0.2, 0.25) is 0 Å². The molecule has 0 aliphatic carbocycles. The van der Waals surface area contributed by atoms with E-state index in [4.69, 9.17) is 4.74 Å². The zero-order chi connectivity index (χ0) is 16.9. The van der Waals surface area contributed by atoms with Gasteiger partial charge in [-0.05, 0) is 33.2 Å². The van der Waals surface area contributed by atoms with Gasteiger partial charge in [0.25, 0.3) is 0 Å². The number of β-amino-alcohol motifs (C(OH)–C–C–N with tert-alkyl or cyclic N) is 1. The SMILES string of the molecule is C[C@@H]1CN(C[C@H](O)CN2CCCC[C@@H]2Cn2cncn2)C[C@H](C)O1. The normalized spacial score (nSPS) is 31.2. The average Bonchev–Trinajstić information content (AvgIpc) is 3.01. The molecule has 0 saturated carbocycles. The number of hydrogen-bond donors (Lipinski definition) is 1. The Balaban J connectivity index is 1.50. The van der Waals surface area contributed by atoms with E-state index < -0.39 is 0 Å². The largest absolute Gasteiger partial charge is 0.390 e. The van der Waals surface area contributed by atoms with Crippen molar-refractivity contribution in [1.82, 2.24) is 24.6 Å². The van der Waals surface area contributed by atoms with Crippen LogP contribution in [0.25, 0.3) is 0 Å². The Morgan fingerprint density at radius 2 is 2.00 bits per heavy atom. The minimum absolute atomic E-state index is 0.246. The highest BCUT2D eigenvalue weighted by molar-refractivity contribution is 4.82. The molecule has 0 bridgehead atoms. The first-order valence-corrected chi connectivity index (χ1v) is 9.22. The van der Waals surface area contributed by atoms with Crippen molar-refractivity contribution in [2.75, 3.05) is 32.7 Å². The van der Waals surface area contributed by atoms with Gasteiger partial charge in [0, 0.05) is 32.2 Å². The number of aliphatic hydroxyl groups excluding tert-OH is 1. The molecule has 0 aromatic carbocycles. The lowest BCUT2D eigenvalue weighted by Crippen LogP contribution is -2.51. The van der Waals surface area contributed by atoms with Crippen molar-refractivity contribution in [2.45, 2.75) is 64.0 Å². The van der Waals surface area contributed by atoms with Crippen LogP contribution in [0.4, 0.5) is 0 Å². The highest BCUT2D eigenvalue weighted by Crippen LogP contribution is 2.19. The Kier molecular flexibility index (Phi) is 6.21. The van der Waals surface area contributed by atoms with Gasteiger partial charge >= 0.3 is 0 Å². The maximum atomic E-state index is 10.6. The molecule has 0 amide bonds. The second kappa shape index (κ2) is 8.38. The number of aliphatic hydroxyl groups is 1. The Hall–Kier alpha value is -1.02. The van der Waals surface area contributed by atoms with Gasteiger partial charge in [0.05, 0.1) is 24.9 Å². The highest BCUT2D eigenvalue weighted by atomic mass is 16.5. The maximum Gasteiger partial charge on any atom is 0.137 e. The van der Waals surface area contributed by atoms with Gasteiger partial charge in [-0.2, -0.15) is 5.10 Å². The molecule has 136 valence electrons. The van der Waals surface area contributed by atoms with Crippen molar-refractivity contribution >= 4 is 0 Å². The van der Waals surface area contributed by atoms with Gasteiger partial charge in [-0.15, -0.1) is 0 Å². The molecule has 0 radical (unpaired) electrons. The van der Waals surface area contributed by atoms with E-state index in [0.717, 1.165) is 45.7 Å². The van der Waals surface area contributed by atoms with E-state index in [1.807, 2.05) is 4.68 Å². The number of morpholine rings is 1. The monoisotopic (exact) mass is 337 g/mol. The molecule has 24 heavy (non-hydrogen) atoms. The number of ether oxygens (including phenoxy) is 1. The van der Waals surface area contributed by atoms with Gasteiger partial charge in [0.15, 0.2) is 0 Å². The van der Waals surface area contributed by atoms with Crippen LogP contribution < -0.4 is 0 Å². The van der Waals surface area contributed by atoms with Crippen molar-refractivity contribution in [3.05, 3.63) is 12.7 Å². The lowest BCUT2D eigenvalue weighted by molar-refractivity contribution is -0.0792. The molecule has 7 heteroatoms. The summed E-state index contributed by atoms with van der Waals surface area (Å²) in [6, 6.07) is 0.442. The number of likely N-dealkylation sites (tertiary alicyclic amines) is 1. The van der Waals surface area contributed by atoms with Crippen molar-refractivity contribution < 1.29 is 9.84 Å². The minimum Gasteiger partial charge on any atom is -0.390 e. The van der Waals surface area contributed by atoms with E-state index >= 15 is 0 Å². The van der Waals surface area contributed by atoms with E-state index in [-0.39, 0.29) is 18.3 Å². The predicted molar refractivity (Wildman–Crippen MR) is 91.7 cm³/mol. The first kappa shape index (κ1) is 17.8. The molecule has 3 heterocycles. The Morgan fingerprint density at radius 3 is 2.71 bits per heavy atom. The lowest BCUT2D eigenvalue weighted by Gasteiger charge is -2.39. The molecular weight excluding hydrogens is 306 g/mol. The number of nitrogens with zero attached hydrogens (tertiary/aromatic N) is 5. The fraction of sp³-hybridized carbons (Fsp3) is 0.882. The molecule has 7 nitrogen and oxygen atoms in total. The molecule has 2 fully saturated rings. The average molecular weight is 337 g/mol. The molecule has 3 rings (SSSR count). The van der Waals surface area contributed by atoms with E-state index in [0.29, 0.717) is 6.04 Å². The fourth-order valence-electron chi connectivity index (χ4n) is 4.11. The van der Waals surface area contributed by atoms with Crippen LogP contribution in [0, 0.1) is 0 Å². The predicted octanol–water partition coefficient (Wildman–Crippen LogP) is 0.603. The summed E-state index contributed by atoms with van der Waals surface area (Å²) < 4.78 is 7.68. The van der Waals surface area contributed by atoms with Crippen LogP contribution in [-0.4, -0.2) is 86.7 Å². The first-order chi connectivity index (χ1) is 11.6. The summed E-state index contributed by atoms with van der Waals surface area (Å²) in [6.07, 6.45) is 7.17. The third-order valence-electron chi connectivity index (χ3n) is 5.02. The molecule has 0 unspecified atom stereocenters. The van der Waals surface area contributed by atoms with Gasteiger partial charge in [0.1, 0.15) is 12.7 Å². The van der Waals surface area contributed by atoms with Crippen molar-refractivity contribution in [2.24, 2.45) is 0 Å². The van der Waals surface area contributed by atoms with Crippen molar-refractivity contribution in [3.63, 3.8) is 0 Å². The highest BCUT2D eigenvalue weighted by Gasteiger charge is 2.28. The van der Waals surface area contributed by atoms with Crippen LogP contribution in [0.5, 0.6) is 0 Å². The van der Waals surface area contributed by atoms with E-state index in [9.17, 15) is 5.11 Å². The van der Waals surface area contributed by atoms with Gasteiger partial charge in [-0.1, -0.05) is 6.42 Å². The smallest absolute Gasteiger partial charge is 0.137 e. The van der Waals surface area contributed by atoms with Crippen LogP contribution in [-0.2, 0) is 11.3 Å². The molecular formula is C17H31N5O2. The quantitative estimate of drug-likeness (QED) is 0.820. The number of hydrogen-bond acceptors (Lipinski definition) is 6. The van der Waals surface area contributed by atoms with Gasteiger partial charge in [-0.3, -0.25) is 14.5 Å². The third-order valence-corrected chi connectivity index (χ3v) is 5.02. The molecule has 2 saturated heterocycles. The van der Waals surface area contributed by atoms with Crippen LogP contribution >= 0.6 is 0 Å². The number of piperidine rings is 1. The topological polar surface area (TPSA) is 66.7 Å². The molecule has 1 aromatic heterocycles. The second-order valence-electron chi connectivity index (χ2n) is 7.39. The summed E-state index contributed by atoms with van der Waals surface area (Å²) >= 11 is 0. The van der Waals surface area contributed by atoms with Crippen LogP contribution in [0.1, 0.15) is 33.1 Å². The van der Waals surface area contributed by atoms with Crippen LogP contribution in [0.2, 0.25) is 0 Å². The lowest BCUT2D eigenvalue weighted by atomic mass is 10.0. The number of rotatable bonds is 6. The Bertz CT molecular complexity index is 473. The van der Waals surface area contributed by atoms with Crippen molar-refractivity contribution in [3.8, 4) is 0 Å². The fourth-order valence-corrected chi connectivity index (χ4v) is 4.11. The zero-order valence-corrected chi connectivity index (χ0v) is 14.9. The number of aromatic nitrogens is 3. The van der Waals surface area contributed by atoms with Crippen LogP contribution in [0.3, 0.4) is 0 Å². The maximum absolute atomic E-state index is 10.6. The third kappa shape index (κ3) is 4.99. The summed E-state index contributed by atoms with van der Waals surface area (Å²) in [5.74, 6) is 0. The van der Waals surface area contributed by atoms with Gasteiger partial charge in [-0.25, -0.2) is 4.98 Å². The molecule has 2 aliphatic rings. The molecule has 0 spiro atoms. The van der Waals surface area contributed by atoms with E-state index in [1.165, 1.54) is 12.8 Å². The second-order valence-corrected chi connectivity index (χ2v) is 7.39. The molecule has 4 atom stereocenters. The van der Waals surface area contributed by atoms with Gasteiger partial charge < -0.3 is 9.84 Å². The zero-order valence-electron chi connectivity index (χ0n) is 14.9. The Labute approximate surface area is 144 Å².